The summed E-state index contributed by atoms with van der Waals surface area (Å²) in [6.07, 6.45) is 5.57. The first-order valence-corrected chi connectivity index (χ1v) is 39.6. The average Bonchev–Trinajstić information content (AvgIpc) is 1.08. The minimum absolute atomic E-state index is 0.0257. The number of anilines is 4. The molecule has 4 atom stereocenters. The number of aromatic nitrogens is 1. The molecule has 5 aliphatic heterocycles. The van der Waals surface area contributed by atoms with Crippen LogP contribution in [0, 0.1) is 89.0 Å². The summed E-state index contributed by atoms with van der Waals surface area (Å²) in [6.45, 7) is 44.7. The summed E-state index contributed by atoms with van der Waals surface area (Å²) in [5.74, 6) is 3.11. The van der Waals surface area contributed by atoms with Crippen molar-refractivity contribution in [3.63, 3.8) is 0 Å². The number of methoxy groups -OCH3 is 4. The van der Waals surface area contributed by atoms with Crippen LogP contribution in [0.25, 0.3) is 0 Å². The number of hydrogen-bond acceptors (Lipinski definition) is 18. The number of amides is 5. The second kappa shape index (κ2) is 36.3. The van der Waals surface area contributed by atoms with Crippen LogP contribution in [0.1, 0.15) is 136 Å². The first-order chi connectivity index (χ1) is 57.7. The molecule has 1 aromatic heterocycles. The van der Waals surface area contributed by atoms with E-state index in [0.29, 0.717) is 77.2 Å². The SMILES string of the molecule is C=C1C(=O)N(c2cc(C)c(C)c(OC)c2)[C@H]1c1ccc(C)c(OC(=O)C2CC2)c1.C=C1C(=O)N(c2cc(C)c(C)c(OC)c2)[C@H]1c1ccc(C)c(OC(=O)N2CCOCC2)c1.C=C1C(=O)N(c2cc(C)c(C)c(OC)c2)[C@H]1c1ccc(C)c(OC(=O)c2cccnc2)c1.C=CC(=O)Oc1cc([C@H]2C(=C)C(=O)N2c2cc(C)c(C)c(OC)c2)ccc1C. The van der Waals surface area contributed by atoms with Gasteiger partial charge in [0.1, 0.15) is 46.0 Å². The van der Waals surface area contributed by atoms with Crippen LogP contribution in [-0.4, -0.2) is 112 Å². The Kier molecular flexibility index (Phi) is 26.0. The topological polar surface area (TPSA) is 249 Å². The number of nitrogens with zero attached hydrogens (tertiary/aromatic N) is 6. The number of aryl methyl sites for hydroxylation is 8. The predicted octanol–water partition coefficient (Wildman–Crippen LogP) is 17.9. The maximum atomic E-state index is 12.8. The molecule has 0 N–H and O–H groups in total. The monoisotopic (exact) mass is 1630 g/mol. The normalized spacial score (nSPS) is 17.0. The molecule has 23 heteroatoms. The van der Waals surface area contributed by atoms with E-state index in [1.165, 1.54) is 6.20 Å². The lowest BCUT2D eigenvalue weighted by molar-refractivity contribution is -0.136. The third-order valence-corrected chi connectivity index (χ3v) is 22.9. The molecular formula is C98H100N6O17. The zero-order chi connectivity index (χ0) is 87.4. The second-order valence-corrected chi connectivity index (χ2v) is 30.8. The number of carbonyl (C=O) groups is 8. The lowest BCUT2D eigenvalue weighted by Crippen LogP contribution is -2.49. The molecule has 9 aromatic rings. The molecule has 1 aliphatic carbocycles. The Morgan fingerprint density at radius 1 is 0.397 bits per heavy atom. The van der Waals surface area contributed by atoms with Crippen LogP contribution in [-0.2, 0) is 33.5 Å². The molecule has 121 heavy (non-hydrogen) atoms. The minimum Gasteiger partial charge on any atom is -0.496 e. The molecule has 23 nitrogen and oxygen atoms in total. The zero-order valence-corrected chi connectivity index (χ0v) is 71.2. The Morgan fingerprint density at radius 3 is 1.01 bits per heavy atom. The third kappa shape index (κ3) is 17.8. The van der Waals surface area contributed by atoms with Gasteiger partial charge in [0.05, 0.1) is 77.3 Å². The quantitative estimate of drug-likeness (QED) is 0.0316. The fourth-order valence-electron chi connectivity index (χ4n) is 14.8. The molecule has 0 spiro atoms. The molecule has 6 fully saturated rings. The molecule has 624 valence electrons. The smallest absolute Gasteiger partial charge is 0.415 e. The summed E-state index contributed by atoms with van der Waals surface area (Å²) in [5.41, 5.74) is 20.3. The molecule has 8 aromatic carbocycles. The lowest BCUT2D eigenvalue weighted by atomic mass is 9.87. The Balaban J connectivity index is 0.000000148. The van der Waals surface area contributed by atoms with Gasteiger partial charge >= 0.3 is 24.0 Å². The number of pyridine rings is 1. The number of morpholine rings is 1. The molecule has 5 amide bonds. The van der Waals surface area contributed by atoms with Crippen molar-refractivity contribution in [2.75, 3.05) is 74.3 Å². The highest BCUT2D eigenvalue weighted by Gasteiger charge is 2.47. The van der Waals surface area contributed by atoms with Gasteiger partial charge in [-0.1, -0.05) is 81.4 Å². The maximum absolute atomic E-state index is 12.8. The molecule has 6 heterocycles. The highest BCUT2D eigenvalue weighted by atomic mass is 16.6. The standard InChI is InChI=1S/C26H24N2O4.C25H28N2O5.C24H25NO4.C23H23NO4/c1-15-8-9-19(12-22(15)32-26(30)20-7-6-10-27-14-20)24-18(4)25(29)28(24)21-11-16(2)17(3)23(13-21)31-5;1-15-6-7-19(13-21(15)32-25(29)26-8-10-31-11-9-26)23-18(4)24(28)27(23)20-12-16(2)17(3)22(14-20)30-5;1-13-6-7-18(11-20(13)29-24(27)17-8-9-17)22-16(4)23(26)25(22)19-10-14(2)15(3)21(12-19)28-5;1-7-21(25)28-19-11-17(9-8-13(19)2)22-16(5)23(26)24(22)18-10-14(3)15(4)20(12-18)27-6/h6-14,24H,4H2,1-3,5H3;6-7,12-14,23H,4,8-11H2,1-3,5H3;6-7,10-12,17,22H,4,8-9H2,1-3,5H3;7-12,22H,1,5H2,2-4,6H3/t24-;23-;2*22-/m1111/s1. The van der Waals surface area contributed by atoms with Gasteiger partial charge < -0.3 is 47.5 Å². The van der Waals surface area contributed by atoms with Gasteiger partial charge in [-0.3, -0.25) is 48.6 Å². The Morgan fingerprint density at radius 2 is 0.711 bits per heavy atom. The molecule has 15 rings (SSSR count). The minimum atomic E-state index is -0.528. The van der Waals surface area contributed by atoms with Crippen molar-refractivity contribution in [2.45, 2.75) is 120 Å². The Bertz CT molecular complexity index is 5760. The highest BCUT2D eigenvalue weighted by molar-refractivity contribution is 6.17. The van der Waals surface area contributed by atoms with Gasteiger partial charge in [0.25, 0.3) is 23.6 Å². The van der Waals surface area contributed by atoms with Crippen molar-refractivity contribution in [1.29, 1.82) is 0 Å². The van der Waals surface area contributed by atoms with E-state index in [4.69, 9.17) is 42.6 Å². The van der Waals surface area contributed by atoms with E-state index in [-0.39, 0.29) is 59.7 Å². The van der Waals surface area contributed by atoms with Crippen molar-refractivity contribution in [3.05, 3.63) is 302 Å². The summed E-state index contributed by atoms with van der Waals surface area (Å²) in [5, 5.41) is 0. The second-order valence-electron chi connectivity index (χ2n) is 30.8. The first-order valence-electron chi connectivity index (χ1n) is 39.6. The van der Waals surface area contributed by atoms with Gasteiger partial charge in [0, 0.05) is 101 Å². The van der Waals surface area contributed by atoms with Crippen LogP contribution in [0.2, 0.25) is 0 Å². The number of carbonyl (C=O) groups excluding carboxylic acids is 8. The molecular weight excluding hydrogens is 1530 g/mol. The lowest BCUT2D eigenvalue weighted by Gasteiger charge is -2.43. The highest BCUT2D eigenvalue weighted by Crippen LogP contribution is 2.50. The van der Waals surface area contributed by atoms with Crippen LogP contribution in [0.3, 0.4) is 0 Å². The van der Waals surface area contributed by atoms with Gasteiger partial charge in [-0.2, -0.15) is 0 Å². The fourth-order valence-corrected chi connectivity index (χ4v) is 14.8. The molecule has 5 saturated heterocycles. The van der Waals surface area contributed by atoms with Gasteiger partial charge in [0.15, 0.2) is 0 Å². The number of rotatable bonds is 19. The van der Waals surface area contributed by atoms with E-state index < -0.39 is 18.0 Å². The van der Waals surface area contributed by atoms with Crippen LogP contribution in [0.15, 0.2) is 207 Å². The van der Waals surface area contributed by atoms with E-state index in [1.807, 2.05) is 192 Å². The molecule has 0 bridgehead atoms. The summed E-state index contributed by atoms with van der Waals surface area (Å²) in [4.78, 5) is 112. The Labute approximate surface area is 705 Å². The maximum Gasteiger partial charge on any atom is 0.415 e. The molecule has 0 unspecified atom stereocenters. The van der Waals surface area contributed by atoms with Gasteiger partial charge in [-0.25, -0.2) is 14.4 Å². The number of hydrogen-bond donors (Lipinski definition) is 0. The Hall–Kier alpha value is -13.7. The van der Waals surface area contributed by atoms with E-state index in [9.17, 15) is 38.4 Å². The number of β-lactam (4-membered cyclic amide) rings is 4. The summed E-state index contributed by atoms with van der Waals surface area (Å²) in [6, 6.07) is 39.8. The van der Waals surface area contributed by atoms with Crippen molar-refractivity contribution in [3.8, 4) is 46.0 Å². The van der Waals surface area contributed by atoms with Gasteiger partial charge in [-0.05, 0) is 246 Å². The third-order valence-electron chi connectivity index (χ3n) is 22.9. The van der Waals surface area contributed by atoms with E-state index in [1.54, 1.807) is 83.4 Å². The van der Waals surface area contributed by atoms with Gasteiger partial charge in [-0.15, -0.1) is 0 Å². The van der Waals surface area contributed by atoms with Crippen molar-refractivity contribution < 1.29 is 81.0 Å². The van der Waals surface area contributed by atoms with Crippen LogP contribution < -0.4 is 57.5 Å². The summed E-state index contributed by atoms with van der Waals surface area (Å²) >= 11 is 0. The number of ether oxygens (including phenoxy) is 9. The van der Waals surface area contributed by atoms with Gasteiger partial charge in [0.2, 0.25) is 0 Å². The largest absolute Gasteiger partial charge is 0.496 e. The van der Waals surface area contributed by atoms with E-state index in [0.717, 1.165) is 154 Å². The van der Waals surface area contributed by atoms with Crippen molar-refractivity contribution in [1.82, 2.24) is 9.88 Å². The number of benzene rings is 8. The first kappa shape index (κ1) is 86.7. The zero-order valence-electron chi connectivity index (χ0n) is 71.2. The summed E-state index contributed by atoms with van der Waals surface area (Å²) in [7, 11) is 6.47. The van der Waals surface area contributed by atoms with Crippen LogP contribution in [0.4, 0.5) is 27.5 Å². The summed E-state index contributed by atoms with van der Waals surface area (Å²) < 4.78 is 49.5. The molecule has 6 aliphatic rings. The predicted molar refractivity (Wildman–Crippen MR) is 464 cm³/mol. The van der Waals surface area contributed by atoms with Crippen LogP contribution >= 0.6 is 0 Å². The van der Waals surface area contributed by atoms with E-state index in [2.05, 4.69) is 37.9 Å². The van der Waals surface area contributed by atoms with Crippen LogP contribution in [0.5, 0.6) is 46.0 Å². The molecule has 1 saturated carbocycles. The van der Waals surface area contributed by atoms with E-state index >= 15 is 0 Å². The average molecular weight is 1630 g/mol. The molecule has 0 radical (unpaired) electrons. The van der Waals surface area contributed by atoms with Crippen molar-refractivity contribution in [2.24, 2.45) is 5.92 Å². The fraction of sp³-hybridized carbons (Fsp3) is 0.276. The number of esters is 3. The van der Waals surface area contributed by atoms with Crippen molar-refractivity contribution >= 4 is 70.4 Å².